The summed E-state index contributed by atoms with van der Waals surface area (Å²) in [5.74, 6) is 2.14. The van der Waals surface area contributed by atoms with Crippen molar-refractivity contribution in [1.29, 1.82) is 0 Å². The third-order valence-electron chi connectivity index (χ3n) is 4.05. The van der Waals surface area contributed by atoms with E-state index in [-0.39, 0.29) is 0 Å². The van der Waals surface area contributed by atoms with Gasteiger partial charge in [-0.25, -0.2) is 0 Å². The van der Waals surface area contributed by atoms with Crippen molar-refractivity contribution >= 4 is 5.97 Å². The van der Waals surface area contributed by atoms with Crippen LogP contribution in [0.15, 0.2) is 30.3 Å². The van der Waals surface area contributed by atoms with Crippen LogP contribution in [0, 0.1) is 12.3 Å². The molecule has 0 aromatic heterocycles. The molecule has 2 rings (SSSR count). The largest absolute Gasteiger partial charge is 0.480 e. The Morgan fingerprint density at radius 1 is 1.37 bits per heavy atom. The van der Waals surface area contributed by atoms with Crippen LogP contribution in [0.1, 0.15) is 37.2 Å². The minimum atomic E-state index is -0.836. The normalized spacial score (nSPS) is 26.6. The highest BCUT2D eigenvalue weighted by molar-refractivity contribution is 5.79. The molecule has 1 aromatic rings. The van der Waals surface area contributed by atoms with E-state index >= 15 is 0 Å². The topological polar surface area (TPSA) is 49.3 Å². The van der Waals surface area contributed by atoms with Gasteiger partial charge in [0.05, 0.1) is 6.54 Å². The fourth-order valence-electron chi connectivity index (χ4n) is 2.86. The van der Waals surface area contributed by atoms with Crippen molar-refractivity contribution in [2.75, 3.05) is 6.54 Å². The standard InChI is InChI=1S/C16H19NO2/c1-2-12-17-16(15(18)19)10-8-14(9-11-16)13-6-4-3-5-7-13/h1,3-7,14,17H,8-12H2,(H,18,19). The van der Waals surface area contributed by atoms with Crippen LogP contribution < -0.4 is 5.32 Å². The Balaban J connectivity index is 2.04. The lowest BCUT2D eigenvalue weighted by atomic mass is 9.74. The van der Waals surface area contributed by atoms with Gasteiger partial charge in [0.1, 0.15) is 5.54 Å². The van der Waals surface area contributed by atoms with Gasteiger partial charge in [0, 0.05) is 0 Å². The van der Waals surface area contributed by atoms with E-state index in [0.29, 0.717) is 25.3 Å². The Bertz CT molecular complexity index is 467. The maximum Gasteiger partial charge on any atom is 0.323 e. The summed E-state index contributed by atoms with van der Waals surface area (Å²) in [6.07, 6.45) is 8.24. The van der Waals surface area contributed by atoms with E-state index in [4.69, 9.17) is 6.42 Å². The highest BCUT2D eigenvalue weighted by Gasteiger charge is 2.41. The molecule has 0 spiro atoms. The number of carboxylic acid groups (broad SMARTS) is 1. The number of terminal acetylenes is 1. The average molecular weight is 257 g/mol. The predicted octanol–water partition coefficient (Wildman–Crippen LogP) is 2.39. The molecule has 0 aliphatic heterocycles. The van der Waals surface area contributed by atoms with Crippen molar-refractivity contribution in [3.63, 3.8) is 0 Å². The van der Waals surface area contributed by atoms with Crippen molar-refractivity contribution in [3.8, 4) is 12.3 Å². The van der Waals surface area contributed by atoms with Crippen molar-refractivity contribution in [1.82, 2.24) is 5.32 Å². The van der Waals surface area contributed by atoms with Gasteiger partial charge in [0.15, 0.2) is 0 Å². The number of hydrogen-bond donors (Lipinski definition) is 2. The molecule has 0 atom stereocenters. The molecule has 0 amide bonds. The summed E-state index contributed by atoms with van der Waals surface area (Å²) in [5, 5.41) is 12.5. The second-order valence-electron chi connectivity index (χ2n) is 5.13. The number of hydrogen-bond acceptors (Lipinski definition) is 2. The molecule has 19 heavy (non-hydrogen) atoms. The van der Waals surface area contributed by atoms with E-state index < -0.39 is 11.5 Å². The average Bonchev–Trinajstić information content (AvgIpc) is 2.46. The van der Waals surface area contributed by atoms with Crippen molar-refractivity contribution in [2.45, 2.75) is 37.1 Å². The van der Waals surface area contributed by atoms with E-state index in [0.717, 1.165) is 12.8 Å². The van der Waals surface area contributed by atoms with Gasteiger partial charge in [-0.3, -0.25) is 10.1 Å². The van der Waals surface area contributed by atoms with Crippen LogP contribution in [-0.2, 0) is 4.79 Å². The van der Waals surface area contributed by atoms with Gasteiger partial charge in [0.25, 0.3) is 0 Å². The Kier molecular flexibility index (Phi) is 4.24. The molecule has 1 aromatic carbocycles. The van der Waals surface area contributed by atoms with E-state index in [1.54, 1.807) is 0 Å². The van der Waals surface area contributed by atoms with Gasteiger partial charge in [0.2, 0.25) is 0 Å². The molecular formula is C16H19NO2. The second kappa shape index (κ2) is 5.90. The molecular weight excluding hydrogens is 238 g/mol. The zero-order chi connectivity index (χ0) is 13.7. The Morgan fingerprint density at radius 2 is 2.00 bits per heavy atom. The van der Waals surface area contributed by atoms with E-state index in [1.807, 2.05) is 18.2 Å². The molecule has 3 heteroatoms. The molecule has 100 valence electrons. The zero-order valence-electron chi connectivity index (χ0n) is 10.9. The minimum absolute atomic E-state index is 0.308. The molecule has 0 heterocycles. The van der Waals surface area contributed by atoms with Gasteiger partial charge in [-0.2, -0.15) is 0 Å². The number of benzene rings is 1. The number of rotatable bonds is 4. The monoisotopic (exact) mass is 257 g/mol. The van der Waals surface area contributed by atoms with Crippen molar-refractivity contribution in [3.05, 3.63) is 35.9 Å². The molecule has 2 N–H and O–H groups in total. The second-order valence-corrected chi connectivity index (χ2v) is 5.13. The summed E-state index contributed by atoms with van der Waals surface area (Å²) >= 11 is 0. The first kappa shape index (κ1) is 13.6. The predicted molar refractivity (Wildman–Crippen MR) is 74.9 cm³/mol. The lowest BCUT2D eigenvalue weighted by Gasteiger charge is -2.37. The summed E-state index contributed by atoms with van der Waals surface area (Å²) in [7, 11) is 0. The van der Waals surface area contributed by atoms with Crippen LogP contribution in [-0.4, -0.2) is 23.2 Å². The summed E-state index contributed by atoms with van der Waals surface area (Å²) in [4.78, 5) is 11.5. The molecule has 0 bridgehead atoms. The number of carbonyl (C=O) groups is 1. The molecule has 1 saturated carbocycles. The fraction of sp³-hybridized carbons (Fsp3) is 0.438. The third-order valence-corrected chi connectivity index (χ3v) is 4.05. The van der Waals surface area contributed by atoms with E-state index in [1.165, 1.54) is 5.56 Å². The smallest absolute Gasteiger partial charge is 0.323 e. The van der Waals surface area contributed by atoms with Crippen LogP contribution >= 0.6 is 0 Å². The molecule has 0 radical (unpaired) electrons. The number of carboxylic acids is 1. The molecule has 0 saturated heterocycles. The molecule has 0 unspecified atom stereocenters. The van der Waals surface area contributed by atoms with Crippen LogP contribution in [0.2, 0.25) is 0 Å². The third kappa shape index (κ3) is 2.97. The first-order chi connectivity index (χ1) is 9.18. The van der Waals surface area contributed by atoms with E-state index in [9.17, 15) is 9.90 Å². The fourth-order valence-corrected chi connectivity index (χ4v) is 2.86. The minimum Gasteiger partial charge on any atom is -0.480 e. The quantitative estimate of drug-likeness (QED) is 0.814. The molecule has 1 aliphatic rings. The van der Waals surface area contributed by atoms with Crippen molar-refractivity contribution < 1.29 is 9.90 Å². The summed E-state index contributed by atoms with van der Waals surface area (Å²) < 4.78 is 0. The SMILES string of the molecule is C#CCNC1(C(=O)O)CCC(c2ccccc2)CC1. The van der Waals surface area contributed by atoms with Crippen molar-refractivity contribution in [2.24, 2.45) is 0 Å². The first-order valence-electron chi connectivity index (χ1n) is 6.65. The Labute approximate surface area is 114 Å². The van der Waals surface area contributed by atoms with Gasteiger partial charge >= 0.3 is 5.97 Å². The van der Waals surface area contributed by atoms with Gasteiger partial charge < -0.3 is 5.11 Å². The Hall–Kier alpha value is -1.79. The van der Waals surface area contributed by atoms with E-state index in [2.05, 4.69) is 23.4 Å². The summed E-state index contributed by atoms with van der Waals surface area (Å²) in [6, 6.07) is 10.3. The highest BCUT2D eigenvalue weighted by atomic mass is 16.4. The lowest BCUT2D eigenvalue weighted by molar-refractivity contribution is -0.146. The zero-order valence-corrected chi connectivity index (χ0v) is 10.9. The van der Waals surface area contributed by atoms with Gasteiger partial charge in [-0.1, -0.05) is 36.3 Å². The molecule has 3 nitrogen and oxygen atoms in total. The lowest BCUT2D eigenvalue weighted by Crippen LogP contribution is -2.54. The van der Waals surface area contributed by atoms with Crippen LogP contribution in [0.3, 0.4) is 0 Å². The number of nitrogens with one attached hydrogen (secondary N) is 1. The van der Waals surface area contributed by atoms with Crippen LogP contribution in [0.25, 0.3) is 0 Å². The van der Waals surface area contributed by atoms with Crippen LogP contribution in [0.5, 0.6) is 0 Å². The van der Waals surface area contributed by atoms with Crippen LogP contribution in [0.4, 0.5) is 0 Å². The Morgan fingerprint density at radius 3 is 2.53 bits per heavy atom. The van der Waals surface area contributed by atoms with Gasteiger partial charge in [-0.15, -0.1) is 6.42 Å². The number of aliphatic carboxylic acids is 1. The highest BCUT2D eigenvalue weighted by Crippen LogP contribution is 2.38. The summed E-state index contributed by atoms with van der Waals surface area (Å²) in [5.41, 5.74) is 0.468. The maximum atomic E-state index is 11.5. The molecule has 1 fully saturated rings. The first-order valence-corrected chi connectivity index (χ1v) is 6.65. The van der Waals surface area contributed by atoms with Gasteiger partial charge in [-0.05, 0) is 37.2 Å². The summed E-state index contributed by atoms with van der Waals surface area (Å²) in [6.45, 7) is 0.308. The maximum absolute atomic E-state index is 11.5. The molecule has 1 aliphatic carbocycles.